The Bertz CT molecular complexity index is 1480. The van der Waals surface area contributed by atoms with Crippen molar-refractivity contribution in [1.82, 2.24) is 19.6 Å². The molecule has 0 radical (unpaired) electrons. The maximum Gasteiger partial charge on any atom is 0.257 e. The molecule has 1 saturated heterocycles. The second-order valence-corrected chi connectivity index (χ2v) is 13.0. The second kappa shape index (κ2) is 9.81. The van der Waals surface area contributed by atoms with Crippen LogP contribution >= 0.6 is 0 Å². The summed E-state index contributed by atoms with van der Waals surface area (Å²) in [4.78, 5) is 21.4. The summed E-state index contributed by atoms with van der Waals surface area (Å²) in [6.45, 7) is 18.2. The molecule has 4 atom stereocenters. The molecule has 2 aliphatic heterocycles. The van der Waals surface area contributed by atoms with Gasteiger partial charge < -0.3 is 9.63 Å². The number of hydrogen-bond acceptors (Lipinski definition) is 6. The number of aryl methyl sites for hydroxylation is 1. The van der Waals surface area contributed by atoms with Crippen LogP contribution < -0.4 is 5.56 Å². The maximum atomic E-state index is 14.2. The Morgan fingerprint density at radius 1 is 1.26 bits per heavy atom. The minimum atomic E-state index is -0.874. The third kappa shape index (κ3) is 4.53. The minimum absolute atomic E-state index is 0.00185. The molecule has 0 saturated carbocycles. The average Bonchev–Trinajstić information content (AvgIpc) is 3.33. The van der Waals surface area contributed by atoms with E-state index in [1.165, 1.54) is 6.07 Å². The molecule has 0 bridgehead atoms. The maximum absolute atomic E-state index is 14.2. The van der Waals surface area contributed by atoms with E-state index in [1.54, 1.807) is 17.6 Å². The molecule has 1 aromatic carbocycles. The van der Waals surface area contributed by atoms with Gasteiger partial charge in [0.2, 0.25) is 1.43 Å². The molecule has 2 aromatic heterocycles. The highest BCUT2D eigenvalue weighted by Crippen LogP contribution is 2.48. The van der Waals surface area contributed by atoms with Crippen LogP contribution in [0.5, 0.6) is 0 Å². The number of aromatic nitrogens is 3. The summed E-state index contributed by atoms with van der Waals surface area (Å²) in [6.07, 6.45) is 2.95. The predicted octanol–water partition coefficient (Wildman–Crippen LogP) is 5.79. The monoisotopic (exact) mass is 539 g/mol. The van der Waals surface area contributed by atoms with E-state index in [0.29, 0.717) is 36.4 Å². The predicted molar refractivity (Wildman–Crippen MR) is 151 cm³/mol. The third-order valence-electron chi connectivity index (χ3n) is 9.75. The molecule has 0 amide bonds. The zero-order valence-electron chi connectivity index (χ0n) is 25.6. The van der Waals surface area contributed by atoms with Crippen LogP contribution in [0.1, 0.15) is 108 Å². The first-order chi connectivity index (χ1) is 18.8. The normalized spacial score (nSPS) is 26.6. The van der Waals surface area contributed by atoms with Gasteiger partial charge in [-0.15, -0.1) is 0 Å². The van der Waals surface area contributed by atoms with Gasteiger partial charge >= 0.3 is 0 Å². The van der Waals surface area contributed by atoms with E-state index in [1.807, 2.05) is 6.92 Å². The molecule has 1 fully saturated rings. The number of piperidine rings is 1. The second-order valence-electron chi connectivity index (χ2n) is 13.0. The quantitative estimate of drug-likeness (QED) is 0.427. The van der Waals surface area contributed by atoms with Gasteiger partial charge in [0.15, 0.2) is 5.58 Å². The lowest BCUT2D eigenvalue weighted by Gasteiger charge is -2.51. The Labute approximate surface area is 231 Å². The number of nitrogens with zero attached hydrogens (tertiary/aromatic N) is 4. The van der Waals surface area contributed by atoms with Gasteiger partial charge in [-0.25, -0.2) is 9.37 Å². The molecule has 212 valence electrons. The molecular weight excluding hydrogens is 495 g/mol. The molecule has 4 heterocycles. The molecule has 3 aromatic rings. The lowest BCUT2D eigenvalue weighted by Crippen LogP contribution is -2.55. The third-order valence-corrected chi connectivity index (χ3v) is 9.75. The van der Waals surface area contributed by atoms with Crippen molar-refractivity contribution in [3.63, 3.8) is 0 Å². The van der Waals surface area contributed by atoms with Crippen molar-refractivity contribution < 1.29 is 14.0 Å². The van der Waals surface area contributed by atoms with E-state index < -0.39 is 5.60 Å². The van der Waals surface area contributed by atoms with E-state index in [0.717, 1.165) is 41.7 Å². The first-order valence-electron chi connectivity index (χ1n) is 14.8. The molecule has 4 unspecified atom stereocenters. The van der Waals surface area contributed by atoms with Crippen LogP contribution in [-0.4, -0.2) is 44.8 Å². The van der Waals surface area contributed by atoms with Crippen molar-refractivity contribution >= 4 is 11.0 Å². The van der Waals surface area contributed by atoms with Gasteiger partial charge in [0.1, 0.15) is 17.2 Å². The van der Waals surface area contributed by atoms with Gasteiger partial charge in [0.05, 0.1) is 11.4 Å². The summed E-state index contributed by atoms with van der Waals surface area (Å²) in [5, 5.41) is 10.5. The lowest BCUT2D eigenvalue weighted by molar-refractivity contribution is 0.00200. The molecular formula is C31H43FN4O3. The number of rotatable bonds is 6. The molecule has 1 N–H and O–H groups in total. The number of fused-ring (bicyclic) bond motifs is 2. The standard InChI is InChI=1S/C31H43FN4O3/c1-17(2)25-22(28(37)36-14-9-13-31(8,38)29(36)33-25)16-18(3)35-15-12-23(30(6,7)20(35)5)26-21-10-11-24(32)19(4)27(21)39-34-26/h10-11,17-18,20,23,38H,9,12-16H2,1-8H3/i38D. The summed E-state index contributed by atoms with van der Waals surface area (Å²) in [6, 6.07) is 3.61. The number of likely N-dealkylation sites (tertiary alicyclic amines) is 1. The van der Waals surface area contributed by atoms with Crippen LogP contribution in [0.2, 0.25) is 0 Å². The van der Waals surface area contributed by atoms with Crippen molar-refractivity contribution in [1.29, 1.82) is 1.43 Å². The SMILES string of the molecule is [2H]OC1(C)CCCn2c1nc(C(C)C)c(CC(C)N1CCC(c3noc4c(C)c(F)ccc34)C(C)(C)C1C)c2=O. The molecule has 0 spiro atoms. The van der Waals surface area contributed by atoms with Crippen LogP contribution in [0, 0.1) is 18.2 Å². The lowest BCUT2D eigenvalue weighted by atomic mass is 9.66. The fraction of sp³-hybridized carbons (Fsp3) is 0.645. The highest BCUT2D eigenvalue weighted by molar-refractivity contribution is 5.83. The van der Waals surface area contributed by atoms with Gasteiger partial charge in [0.25, 0.3) is 5.56 Å². The van der Waals surface area contributed by atoms with E-state index >= 15 is 0 Å². The number of hydrogen-bond donors (Lipinski definition) is 1. The highest BCUT2D eigenvalue weighted by Gasteiger charge is 2.46. The zero-order valence-corrected chi connectivity index (χ0v) is 24.6. The first-order valence-corrected chi connectivity index (χ1v) is 14.4. The van der Waals surface area contributed by atoms with Crippen LogP contribution in [0.3, 0.4) is 0 Å². The topological polar surface area (TPSA) is 84.4 Å². The van der Waals surface area contributed by atoms with Gasteiger partial charge in [0, 0.05) is 41.1 Å². The van der Waals surface area contributed by atoms with Crippen LogP contribution in [0.15, 0.2) is 21.5 Å². The first kappa shape index (κ1) is 26.6. The molecule has 8 heteroatoms. The molecule has 2 aliphatic rings. The van der Waals surface area contributed by atoms with Gasteiger partial charge in [-0.3, -0.25) is 14.3 Å². The van der Waals surface area contributed by atoms with Crippen molar-refractivity contribution in [2.45, 2.75) is 117 Å². The number of benzene rings is 1. The summed E-state index contributed by atoms with van der Waals surface area (Å²) >= 11 is 0. The van der Waals surface area contributed by atoms with Crippen LogP contribution in [-0.2, 0) is 18.6 Å². The minimum Gasteiger partial charge on any atom is -0.382 e. The molecule has 5 rings (SSSR count). The Morgan fingerprint density at radius 2 is 2.00 bits per heavy atom. The number of aliphatic hydroxyl groups is 1. The Morgan fingerprint density at radius 3 is 2.69 bits per heavy atom. The smallest absolute Gasteiger partial charge is 0.257 e. The fourth-order valence-corrected chi connectivity index (χ4v) is 7.03. The fourth-order valence-electron chi connectivity index (χ4n) is 7.03. The Balaban J connectivity index is 1.44. The van der Waals surface area contributed by atoms with Crippen LogP contribution in [0.25, 0.3) is 11.0 Å². The Hall–Kier alpha value is -2.58. The highest BCUT2D eigenvalue weighted by atomic mass is 19.1. The summed E-state index contributed by atoms with van der Waals surface area (Å²) in [5.74, 6) is 0.522. The van der Waals surface area contributed by atoms with Crippen molar-refractivity contribution in [2.75, 3.05) is 6.54 Å². The number of halogens is 1. The zero-order chi connectivity index (χ0) is 29.1. The Kier molecular flexibility index (Phi) is 6.70. The van der Waals surface area contributed by atoms with E-state index in [2.05, 4.69) is 51.6 Å². The van der Waals surface area contributed by atoms with Gasteiger partial charge in [-0.2, -0.15) is 0 Å². The van der Waals surface area contributed by atoms with Gasteiger partial charge in [-0.1, -0.05) is 32.9 Å². The molecule has 7 nitrogen and oxygen atoms in total. The van der Waals surface area contributed by atoms with Gasteiger partial charge in [-0.05, 0) is 83.4 Å². The van der Waals surface area contributed by atoms with E-state index in [9.17, 15) is 9.18 Å². The summed E-state index contributed by atoms with van der Waals surface area (Å²) < 4.78 is 29.2. The van der Waals surface area contributed by atoms with Crippen LogP contribution in [0.4, 0.5) is 4.39 Å². The summed E-state index contributed by atoms with van der Waals surface area (Å²) in [7, 11) is 0. The van der Waals surface area contributed by atoms with E-state index in [4.69, 9.17) is 16.0 Å². The van der Waals surface area contributed by atoms with E-state index in [-0.39, 0.29) is 40.7 Å². The largest absolute Gasteiger partial charge is 0.382 e. The van der Waals surface area contributed by atoms with Crippen molar-refractivity contribution in [2.24, 2.45) is 5.41 Å². The van der Waals surface area contributed by atoms with Crippen molar-refractivity contribution in [3.8, 4) is 0 Å². The molecule has 0 aliphatic carbocycles. The summed E-state index contributed by atoms with van der Waals surface area (Å²) in [5.41, 5.74) is 2.50. The van der Waals surface area contributed by atoms with Crippen molar-refractivity contribution in [3.05, 3.63) is 56.6 Å². The average molecular weight is 540 g/mol. The molecule has 39 heavy (non-hydrogen) atoms.